The number of hydrogen-bond acceptors (Lipinski definition) is 5. The van der Waals surface area contributed by atoms with Crippen LogP contribution in [0.25, 0.3) is 0 Å². The fraction of sp³-hybridized carbons (Fsp3) is 0.167. The van der Waals surface area contributed by atoms with Crippen molar-refractivity contribution < 1.29 is 9.53 Å². The maximum atomic E-state index is 12.4. The van der Waals surface area contributed by atoms with Gasteiger partial charge >= 0.3 is 0 Å². The van der Waals surface area contributed by atoms with E-state index in [1.54, 1.807) is 24.3 Å². The highest BCUT2D eigenvalue weighted by molar-refractivity contribution is 7.80. The van der Waals surface area contributed by atoms with Gasteiger partial charge in [0.25, 0.3) is 5.91 Å². The van der Waals surface area contributed by atoms with Crippen molar-refractivity contribution in [1.82, 2.24) is 5.32 Å². The molecule has 0 aromatic heterocycles. The molecular formula is C24H24N4O2S. The molecule has 3 aromatic carbocycles. The quantitative estimate of drug-likeness (QED) is 0.334. The second kappa shape index (κ2) is 11.0. The summed E-state index contributed by atoms with van der Waals surface area (Å²) in [6.07, 6.45) is 1.04. The van der Waals surface area contributed by atoms with Gasteiger partial charge in [0.1, 0.15) is 5.75 Å². The lowest BCUT2D eigenvalue weighted by molar-refractivity contribution is 0.0977. The Hall–Kier alpha value is -3.58. The van der Waals surface area contributed by atoms with Gasteiger partial charge in [-0.2, -0.15) is 10.2 Å². The zero-order valence-corrected chi connectivity index (χ0v) is 18.2. The number of carbonyl (C=O) groups excluding carboxylic acids is 1. The molecule has 158 valence electrons. The van der Waals surface area contributed by atoms with Gasteiger partial charge in [0.2, 0.25) is 0 Å². The third-order valence-corrected chi connectivity index (χ3v) is 4.62. The Labute approximate surface area is 187 Å². The molecule has 0 saturated carbocycles. The van der Waals surface area contributed by atoms with Gasteiger partial charge in [-0.05, 0) is 86.2 Å². The lowest BCUT2D eigenvalue weighted by Crippen LogP contribution is -2.34. The van der Waals surface area contributed by atoms with Crippen LogP contribution in [-0.4, -0.2) is 17.1 Å². The number of thiocarbonyl (C=S) groups is 1. The topological polar surface area (TPSA) is 75.1 Å². The largest absolute Gasteiger partial charge is 0.491 e. The second-order valence-electron chi connectivity index (χ2n) is 6.85. The smallest absolute Gasteiger partial charge is 0.257 e. The first kappa shape index (κ1) is 22.1. The first-order valence-corrected chi connectivity index (χ1v) is 10.4. The molecule has 1 unspecified atom stereocenters. The highest BCUT2D eigenvalue weighted by Gasteiger charge is 2.09. The molecule has 3 rings (SSSR count). The average molecular weight is 433 g/mol. The minimum atomic E-state index is -0.291. The van der Waals surface area contributed by atoms with E-state index in [0.29, 0.717) is 11.3 Å². The third kappa shape index (κ3) is 7.01. The van der Waals surface area contributed by atoms with E-state index in [4.69, 9.17) is 17.0 Å². The van der Waals surface area contributed by atoms with Crippen LogP contribution in [0.15, 0.2) is 89.1 Å². The van der Waals surface area contributed by atoms with E-state index in [9.17, 15) is 4.79 Å². The molecule has 7 heteroatoms. The molecule has 6 nitrogen and oxygen atoms in total. The van der Waals surface area contributed by atoms with Crippen molar-refractivity contribution in [3.05, 3.63) is 84.4 Å². The van der Waals surface area contributed by atoms with Gasteiger partial charge < -0.3 is 10.1 Å². The highest BCUT2D eigenvalue weighted by atomic mass is 32.1. The Kier molecular flexibility index (Phi) is 7.84. The molecule has 3 aromatic rings. The number of hydrogen-bond donors (Lipinski definition) is 2. The van der Waals surface area contributed by atoms with Crippen LogP contribution < -0.4 is 15.4 Å². The number of benzene rings is 3. The number of amides is 1. The molecular weight excluding hydrogens is 408 g/mol. The van der Waals surface area contributed by atoms with Crippen LogP contribution in [-0.2, 0) is 0 Å². The zero-order valence-electron chi connectivity index (χ0n) is 17.4. The summed E-state index contributed by atoms with van der Waals surface area (Å²) in [5.41, 5.74) is 2.73. The molecule has 0 aliphatic heterocycles. The van der Waals surface area contributed by atoms with E-state index >= 15 is 0 Å². The van der Waals surface area contributed by atoms with Crippen molar-refractivity contribution >= 4 is 40.3 Å². The predicted molar refractivity (Wildman–Crippen MR) is 128 cm³/mol. The number of nitrogens with one attached hydrogen (secondary N) is 2. The Morgan fingerprint density at radius 3 is 2.16 bits per heavy atom. The lowest BCUT2D eigenvalue weighted by Gasteiger charge is -2.13. The van der Waals surface area contributed by atoms with E-state index in [2.05, 4.69) is 27.8 Å². The van der Waals surface area contributed by atoms with Gasteiger partial charge in [0.05, 0.1) is 17.5 Å². The fourth-order valence-electron chi connectivity index (χ4n) is 2.56. The van der Waals surface area contributed by atoms with Crippen molar-refractivity contribution in [1.29, 1.82) is 0 Å². The van der Waals surface area contributed by atoms with Crippen LogP contribution in [0.4, 0.5) is 17.1 Å². The Morgan fingerprint density at radius 2 is 1.55 bits per heavy atom. The zero-order chi connectivity index (χ0) is 22.1. The second-order valence-corrected chi connectivity index (χ2v) is 7.26. The average Bonchev–Trinajstić information content (AvgIpc) is 2.79. The number of nitrogens with zero attached hydrogens (tertiary/aromatic N) is 2. The summed E-state index contributed by atoms with van der Waals surface area (Å²) in [4.78, 5) is 12.4. The normalized spacial score (nSPS) is 11.7. The van der Waals surface area contributed by atoms with Crippen molar-refractivity contribution in [2.45, 2.75) is 26.4 Å². The summed E-state index contributed by atoms with van der Waals surface area (Å²) < 4.78 is 5.73. The molecule has 0 spiro atoms. The maximum Gasteiger partial charge on any atom is 0.257 e. The summed E-state index contributed by atoms with van der Waals surface area (Å²) in [6.45, 7) is 4.06. The first-order valence-electron chi connectivity index (χ1n) is 9.99. The first-order chi connectivity index (χ1) is 15.0. The minimum Gasteiger partial charge on any atom is -0.491 e. The molecule has 31 heavy (non-hydrogen) atoms. The summed E-state index contributed by atoms with van der Waals surface area (Å²) >= 11 is 5.25. The van der Waals surface area contributed by atoms with Crippen LogP contribution >= 0.6 is 12.2 Å². The molecule has 1 amide bonds. The van der Waals surface area contributed by atoms with Crippen molar-refractivity contribution in [2.24, 2.45) is 10.2 Å². The molecule has 1 atom stereocenters. The van der Waals surface area contributed by atoms with Crippen LogP contribution in [0.2, 0.25) is 0 Å². The lowest BCUT2D eigenvalue weighted by atomic mass is 10.2. The molecule has 0 saturated heterocycles. The van der Waals surface area contributed by atoms with Crippen LogP contribution in [0, 0.1) is 0 Å². The minimum absolute atomic E-state index is 0.127. The number of ether oxygens (including phenoxy) is 1. The molecule has 0 bridgehead atoms. The summed E-state index contributed by atoms with van der Waals surface area (Å²) in [7, 11) is 0. The number of azo groups is 1. The molecule has 0 radical (unpaired) electrons. The monoisotopic (exact) mass is 432 g/mol. The Bertz CT molecular complexity index is 1040. The van der Waals surface area contributed by atoms with Gasteiger partial charge in [-0.15, -0.1) is 0 Å². The molecule has 0 aliphatic rings. The van der Waals surface area contributed by atoms with E-state index in [1.807, 2.05) is 61.5 Å². The van der Waals surface area contributed by atoms with Crippen LogP contribution in [0.3, 0.4) is 0 Å². The fourth-order valence-corrected chi connectivity index (χ4v) is 2.77. The Morgan fingerprint density at radius 1 is 0.935 bits per heavy atom. The van der Waals surface area contributed by atoms with Gasteiger partial charge in [-0.25, -0.2) is 0 Å². The molecule has 0 aliphatic carbocycles. The Balaban J connectivity index is 1.52. The molecule has 0 heterocycles. The molecule has 0 fully saturated rings. The number of carbonyl (C=O) groups is 1. The van der Waals surface area contributed by atoms with Crippen LogP contribution in [0.5, 0.6) is 5.75 Å². The van der Waals surface area contributed by atoms with E-state index in [1.165, 1.54) is 0 Å². The maximum absolute atomic E-state index is 12.4. The summed E-state index contributed by atoms with van der Waals surface area (Å²) in [5, 5.41) is 14.3. The molecule has 2 N–H and O–H groups in total. The summed E-state index contributed by atoms with van der Waals surface area (Å²) in [6, 6.07) is 23.8. The van der Waals surface area contributed by atoms with E-state index in [-0.39, 0.29) is 17.1 Å². The van der Waals surface area contributed by atoms with Gasteiger partial charge in [-0.3, -0.25) is 10.1 Å². The van der Waals surface area contributed by atoms with Gasteiger partial charge in [-0.1, -0.05) is 25.1 Å². The number of rotatable bonds is 7. The highest BCUT2D eigenvalue weighted by Crippen LogP contribution is 2.20. The standard InChI is InChI=1S/C24H24N4O2S/c1-3-17(2)30-22-15-9-18(10-16-22)23(29)26-24(31)25-19-11-13-21(14-12-19)28-27-20-7-5-4-6-8-20/h4-17H,3H2,1-2H3,(H2,25,26,29,31). The van der Waals surface area contributed by atoms with Gasteiger partial charge in [0, 0.05) is 11.3 Å². The van der Waals surface area contributed by atoms with Crippen molar-refractivity contribution in [2.75, 3.05) is 5.32 Å². The predicted octanol–water partition coefficient (Wildman–Crippen LogP) is 6.41. The van der Waals surface area contributed by atoms with Crippen molar-refractivity contribution in [3.63, 3.8) is 0 Å². The number of anilines is 1. The third-order valence-electron chi connectivity index (χ3n) is 4.42. The van der Waals surface area contributed by atoms with E-state index in [0.717, 1.165) is 23.5 Å². The summed E-state index contributed by atoms with van der Waals surface area (Å²) in [5.74, 6) is 0.442. The SMILES string of the molecule is CCC(C)Oc1ccc(C(=O)NC(=S)Nc2ccc(N=Nc3ccccc3)cc2)cc1. The van der Waals surface area contributed by atoms with Crippen molar-refractivity contribution in [3.8, 4) is 5.75 Å². The van der Waals surface area contributed by atoms with Gasteiger partial charge in [0.15, 0.2) is 5.11 Å². The van der Waals surface area contributed by atoms with E-state index < -0.39 is 0 Å². The van der Waals surface area contributed by atoms with Crippen LogP contribution in [0.1, 0.15) is 30.6 Å².